The molecule has 2 aromatic carbocycles. The van der Waals surface area contributed by atoms with Gasteiger partial charge in [-0.15, -0.1) is 0 Å². The minimum Gasteiger partial charge on any atom is -0.379 e. The number of nitrogens with zero attached hydrogens (tertiary/aromatic N) is 2. The molecule has 1 N–H and O–H groups in total. The molecule has 0 atom stereocenters. The number of morpholine rings is 1. The Morgan fingerprint density at radius 3 is 2.57 bits per heavy atom. The lowest BCUT2D eigenvalue weighted by Gasteiger charge is -2.26. The smallest absolute Gasteiger partial charge is 0.252 e. The topological polar surface area (TPSA) is 54.5 Å². The first-order chi connectivity index (χ1) is 13.7. The molecule has 0 aliphatic carbocycles. The number of rotatable bonds is 5. The van der Waals surface area contributed by atoms with Crippen molar-refractivity contribution in [3.8, 4) is 11.3 Å². The van der Waals surface area contributed by atoms with E-state index in [1.807, 2.05) is 61.5 Å². The van der Waals surface area contributed by atoms with Crippen LogP contribution in [-0.4, -0.2) is 55.2 Å². The van der Waals surface area contributed by atoms with E-state index in [1.54, 1.807) is 0 Å². The van der Waals surface area contributed by atoms with E-state index in [0.717, 1.165) is 60.6 Å². The molecule has 2 heterocycles. The Morgan fingerprint density at radius 2 is 1.79 bits per heavy atom. The van der Waals surface area contributed by atoms with E-state index in [1.165, 1.54) is 0 Å². The fourth-order valence-corrected chi connectivity index (χ4v) is 3.72. The van der Waals surface area contributed by atoms with Gasteiger partial charge in [-0.1, -0.05) is 48.5 Å². The molecule has 1 amide bonds. The second-order valence-corrected chi connectivity index (χ2v) is 7.05. The van der Waals surface area contributed by atoms with Crippen LogP contribution in [0.5, 0.6) is 0 Å². The average molecular weight is 375 g/mol. The monoisotopic (exact) mass is 375 g/mol. The van der Waals surface area contributed by atoms with Crippen molar-refractivity contribution in [3.05, 3.63) is 65.7 Å². The summed E-state index contributed by atoms with van der Waals surface area (Å²) in [6.07, 6.45) is 0. The van der Waals surface area contributed by atoms with Crippen LogP contribution in [0.4, 0.5) is 0 Å². The third-order valence-corrected chi connectivity index (χ3v) is 5.23. The van der Waals surface area contributed by atoms with E-state index < -0.39 is 0 Å². The summed E-state index contributed by atoms with van der Waals surface area (Å²) in [6, 6.07) is 17.9. The summed E-state index contributed by atoms with van der Waals surface area (Å²) in [5.41, 5.74) is 4.34. The van der Waals surface area contributed by atoms with Gasteiger partial charge in [-0.25, -0.2) is 4.98 Å². The number of nitrogens with one attached hydrogen (secondary N) is 1. The van der Waals surface area contributed by atoms with Crippen LogP contribution >= 0.6 is 0 Å². The molecule has 0 bridgehead atoms. The van der Waals surface area contributed by atoms with Crippen molar-refractivity contribution >= 4 is 16.8 Å². The summed E-state index contributed by atoms with van der Waals surface area (Å²) >= 11 is 0. The number of ether oxygens (including phenoxy) is 1. The number of hydrogen-bond acceptors (Lipinski definition) is 4. The maximum Gasteiger partial charge on any atom is 0.252 e. The number of fused-ring (bicyclic) bond motifs is 1. The predicted octanol–water partition coefficient (Wildman–Crippen LogP) is 3.27. The molecule has 144 valence electrons. The number of para-hydroxylation sites is 1. The van der Waals surface area contributed by atoms with E-state index in [-0.39, 0.29) is 5.91 Å². The number of pyridine rings is 1. The Morgan fingerprint density at radius 1 is 1.07 bits per heavy atom. The van der Waals surface area contributed by atoms with E-state index in [4.69, 9.17) is 9.72 Å². The van der Waals surface area contributed by atoms with Crippen LogP contribution in [0.25, 0.3) is 22.2 Å². The van der Waals surface area contributed by atoms with E-state index in [0.29, 0.717) is 12.1 Å². The molecule has 3 aromatic rings. The normalized spacial score (nSPS) is 14.9. The molecule has 0 spiro atoms. The van der Waals surface area contributed by atoms with Gasteiger partial charge in [-0.05, 0) is 18.6 Å². The second-order valence-electron chi connectivity index (χ2n) is 7.05. The number of carbonyl (C=O) groups excluding carboxylic acids is 1. The lowest BCUT2D eigenvalue weighted by Crippen LogP contribution is -2.41. The summed E-state index contributed by atoms with van der Waals surface area (Å²) in [5, 5.41) is 4.00. The summed E-state index contributed by atoms with van der Waals surface area (Å²) in [7, 11) is 0. The Bertz CT molecular complexity index is 966. The fraction of sp³-hybridized carbons (Fsp3) is 0.304. The summed E-state index contributed by atoms with van der Waals surface area (Å²) < 4.78 is 5.38. The van der Waals surface area contributed by atoms with Gasteiger partial charge < -0.3 is 10.1 Å². The highest BCUT2D eigenvalue weighted by molar-refractivity contribution is 6.08. The van der Waals surface area contributed by atoms with Gasteiger partial charge in [0.25, 0.3) is 5.91 Å². The van der Waals surface area contributed by atoms with Crippen LogP contribution in [0.3, 0.4) is 0 Å². The summed E-state index contributed by atoms with van der Waals surface area (Å²) in [6.45, 7) is 6.82. The number of aromatic nitrogens is 1. The number of amides is 1. The molecule has 0 unspecified atom stereocenters. The Kier molecular flexibility index (Phi) is 5.65. The van der Waals surface area contributed by atoms with Gasteiger partial charge in [-0.3, -0.25) is 9.69 Å². The van der Waals surface area contributed by atoms with Gasteiger partial charge in [-0.2, -0.15) is 0 Å². The minimum absolute atomic E-state index is 0.0402. The third-order valence-electron chi connectivity index (χ3n) is 5.23. The molecule has 5 nitrogen and oxygen atoms in total. The molecule has 1 aliphatic heterocycles. The molecular formula is C23H25N3O2. The molecule has 5 heteroatoms. The first kappa shape index (κ1) is 18.6. The van der Waals surface area contributed by atoms with E-state index >= 15 is 0 Å². The summed E-state index contributed by atoms with van der Waals surface area (Å²) in [4.78, 5) is 20.3. The zero-order chi connectivity index (χ0) is 19.3. The average Bonchev–Trinajstić information content (AvgIpc) is 2.74. The zero-order valence-electron chi connectivity index (χ0n) is 16.1. The van der Waals surface area contributed by atoms with Crippen molar-refractivity contribution in [3.63, 3.8) is 0 Å². The minimum atomic E-state index is -0.0402. The van der Waals surface area contributed by atoms with Crippen LogP contribution in [0.2, 0.25) is 0 Å². The standard InChI is InChI=1S/C23H25N3O2/c1-17-21(23(27)24-11-12-26-13-15-28-16-14-26)19-9-5-6-10-20(19)25-22(17)18-7-3-2-4-8-18/h2-10H,11-16H2,1H3,(H,24,27). The largest absolute Gasteiger partial charge is 0.379 e. The van der Waals surface area contributed by atoms with E-state index in [9.17, 15) is 4.79 Å². The van der Waals surface area contributed by atoms with Gasteiger partial charge in [0.05, 0.1) is 30.0 Å². The molecule has 1 aromatic heterocycles. The van der Waals surface area contributed by atoms with Crippen molar-refractivity contribution in [2.75, 3.05) is 39.4 Å². The molecule has 28 heavy (non-hydrogen) atoms. The van der Waals surface area contributed by atoms with Crippen molar-refractivity contribution in [2.45, 2.75) is 6.92 Å². The van der Waals surface area contributed by atoms with E-state index in [2.05, 4.69) is 10.2 Å². The first-order valence-corrected chi connectivity index (χ1v) is 9.77. The molecular weight excluding hydrogens is 350 g/mol. The lowest BCUT2D eigenvalue weighted by molar-refractivity contribution is 0.0383. The van der Waals surface area contributed by atoms with Crippen LogP contribution in [0.1, 0.15) is 15.9 Å². The molecule has 4 rings (SSSR count). The van der Waals surface area contributed by atoms with Crippen LogP contribution in [0, 0.1) is 6.92 Å². The molecule has 1 aliphatic rings. The highest BCUT2D eigenvalue weighted by Gasteiger charge is 2.19. The molecule has 1 saturated heterocycles. The maximum atomic E-state index is 13.1. The fourth-order valence-electron chi connectivity index (χ4n) is 3.72. The van der Waals surface area contributed by atoms with Crippen molar-refractivity contribution in [1.82, 2.24) is 15.2 Å². The predicted molar refractivity (Wildman–Crippen MR) is 112 cm³/mol. The number of carbonyl (C=O) groups is 1. The highest BCUT2D eigenvalue weighted by atomic mass is 16.5. The molecule has 0 radical (unpaired) electrons. The molecule has 0 saturated carbocycles. The first-order valence-electron chi connectivity index (χ1n) is 9.77. The third kappa shape index (κ3) is 3.91. The van der Waals surface area contributed by atoms with Crippen molar-refractivity contribution in [1.29, 1.82) is 0 Å². The Labute approximate surface area is 165 Å². The summed E-state index contributed by atoms with van der Waals surface area (Å²) in [5.74, 6) is -0.0402. The molecule has 1 fully saturated rings. The Balaban J connectivity index is 1.63. The van der Waals surface area contributed by atoms with Gasteiger partial charge in [0.1, 0.15) is 0 Å². The number of benzene rings is 2. The van der Waals surface area contributed by atoms with Gasteiger partial charge in [0.15, 0.2) is 0 Å². The van der Waals surface area contributed by atoms with Crippen LogP contribution in [0.15, 0.2) is 54.6 Å². The quantitative estimate of drug-likeness (QED) is 0.744. The zero-order valence-corrected chi connectivity index (χ0v) is 16.1. The van der Waals surface area contributed by atoms with Crippen molar-refractivity contribution in [2.24, 2.45) is 0 Å². The Hall–Kier alpha value is -2.76. The van der Waals surface area contributed by atoms with Crippen LogP contribution < -0.4 is 5.32 Å². The maximum absolute atomic E-state index is 13.1. The van der Waals surface area contributed by atoms with Gasteiger partial charge >= 0.3 is 0 Å². The lowest BCUT2D eigenvalue weighted by atomic mass is 9.97. The van der Waals surface area contributed by atoms with Gasteiger partial charge in [0, 0.05) is 37.1 Å². The highest BCUT2D eigenvalue weighted by Crippen LogP contribution is 2.29. The second kappa shape index (κ2) is 8.50. The van der Waals surface area contributed by atoms with Gasteiger partial charge in [0.2, 0.25) is 0 Å². The number of hydrogen-bond donors (Lipinski definition) is 1. The van der Waals surface area contributed by atoms with Crippen LogP contribution in [-0.2, 0) is 4.74 Å². The SMILES string of the molecule is Cc1c(-c2ccccc2)nc2ccccc2c1C(=O)NCCN1CCOCC1. The van der Waals surface area contributed by atoms with Crippen molar-refractivity contribution < 1.29 is 9.53 Å².